The average Bonchev–Trinajstić information content (AvgIpc) is 2.93. The first kappa shape index (κ1) is 13.7. The Labute approximate surface area is 107 Å². The van der Waals surface area contributed by atoms with E-state index in [1.54, 1.807) is 19.1 Å². The Morgan fingerprint density at radius 1 is 1.33 bits per heavy atom. The zero-order valence-electron chi connectivity index (χ0n) is 11.2. The van der Waals surface area contributed by atoms with Gasteiger partial charge in [-0.2, -0.15) is 0 Å². The third-order valence-electron chi connectivity index (χ3n) is 4.11. The molecule has 2 saturated heterocycles. The lowest BCUT2D eigenvalue weighted by Crippen LogP contribution is -2.51. The van der Waals surface area contributed by atoms with Crippen molar-refractivity contribution < 1.29 is 19.0 Å². The molecule has 6 nitrogen and oxygen atoms in total. The van der Waals surface area contributed by atoms with E-state index < -0.39 is 5.41 Å². The summed E-state index contributed by atoms with van der Waals surface area (Å²) in [4.78, 5) is 14.3. The van der Waals surface area contributed by atoms with Gasteiger partial charge >= 0.3 is 0 Å². The predicted molar refractivity (Wildman–Crippen MR) is 65.1 cm³/mol. The number of nitrogens with two attached hydrogens (primary N) is 1. The number of carbonyl (C=O) groups is 1. The quantitative estimate of drug-likeness (QED) is 0.719. The number of nitrogens with zero attached hydrogens (tertiary/aromatic N) is 1. The summed E-state index contributed by atoms with van der Waals surface area (Å²) in [5, 5.41) is 0. The lowest BCUT2D eigenvalue weighted by molar-refractivity contribution is -0.141. The highest BCUT2D eigenvalue weighted by Gasteiger charge is 2.49. The molecule has 1 amide bonds. The first-order valence-electron chi connectivity index (χ1n) is 6.21. The van der Waals surface area contributed by atoms with Gasteiger partial charge in [0.25, 0.3) is 0 Å². The van der Waals surface area contributed by atoms with Crippen molar-refractivity contribution in [3.63, 3.8) is 0 Å². The number of methoxy groups -OCH3 is 2. The van der Waals surface area contributed by atoms with Crippen LogP contribution in [0.3, 0.4) is 0 Å². The molecule has 0 bridgehead atoms. The summed E-state index contributed by atoms with van der Waals surface area (Å²) in [7, 11) is 3.27. The smallest absolute Gasteiger partial charge is 0.232 e. The van der Waals surface area contributed by atoms with Gasteiger partial charge in [0.05, 0.1) is 18.6 Å². The summed E-state index contributed by atoms with van der Waals surface area (Å²) in [6.07, 6.45) is -0.137. The molecular formula is C12H22N2O4. The molecule has 0 aromatic carbocycles. The number of hydrogen-bond donors (Lipinski definition) is 1. The largest absolute Gasteiger partial charge is 0.379 e. The molecule has 2 heterocycles. The molecule has 0 radical (unpaired) electrons. The molecule has 0 spiro atoms. The van der Waals surface area contributed by atoms with Crippen LogP contribution in [0.1, 0.15) is 6.92 Å². The summed E-state index contributed by atoms with van der Waals surface area (Å²) in [5.41, 5.74) is 5.36. The highest BCUT2D eigenvalue weighted by Crippen LogP contribution is 2.31. The Bertz CT molecular complexity index is 313. The van der Waals surface area contributed by atoms with Crippen LogP contribution in [0.5, 0.6) is 0 Å². The minimum absolute atomic E-state index is 0.0362. The summed E-state index contributed by atoms with van der Waals surface area (Å²) < 4.78 is 16.0. The second kappa shape index (κ2) is 5.13. The molecule has 2 fully saturated rings. The molecule has 4 atom stereocenters. The number of rotatable bonds is 3. The molecule has 0 saturated carbocycles. The number of carbonyl (C=O) groups excluding carboxylic acids is 1. The van der Waals surface area contributed by atoms with Gasteiger partial charge in [-0.05, 0) is 6.92 Å². The zero-order chi connectivity index (χ0) is 13.3. The van der Waals surface area contributed by atoms with Crippen molar-refractivity contribution in [2.45, 2.75) is 25.2 Å². The third kappa shape index (κ3) is 2.14. The van der Waals surface area contributed by atoms with Crippen LogP contribution in [0.4, 0.5) is 0 Å². The van der Waals surface area contributed by atoms with E-state index in [-0.39, 0.29) is 24.2 Å². The predicted octanol–water partition coefficient (Wildman–Crippen LogP) is -0.778. The summed E-state index contributed by atoms with van der Waals surface area (Å²) in [6, 6.07) is -0.243. The summed E-state index contributed by atoms with van der Waals surface area (Å²) in [5.74, 6) is 0.0362. The van der Waals surface area contributed by atoms with Crippen LogP contribution in [0.15, 0.2) is 0 Å². The molecule has 2 aliphatic heterocycles. The Balaban J connectivity index is 2.07. The molecule has 2 aliphatic rings. The number of likely N-dealkylation sites (tertiary alicyclic amines) is 1. The fourth-order valence-electron chi connectivity index (χ4n) is 2.63. The van der Waals surface area contributed by atoms with Gasteiger partial charge in [0.1, 0.15) is 12.2 Å². The van der Waals surface area contributed by atoms with Crippen LogP contribution in [-0.2, 0) is 19.0 Å². The van der Waals surface area contributed by atoms with Crippen LogP contribution in [-0.4, -0.2) is 69.6 Å². The third-order valence-corrected chi connectivity index (χ3v) is 4.11. The van der Waals surface area contributed by atoms with Crippen molar-refractivity contribution in [3.05, 3.63) is 0 Å². The van der Waals surface area contributed by atoms with E-state index in [1.165, 1.54) is 0 Å². The Morgan fingerprint density at radius 2 is 1.89 bits per heavy atom. The van der Waals surface area contributed by atoms with E-state index in [9.17, 15) is 4.79 Å². The normalized spacial score (nSPS) is 40.4. The van der Waals surface area contributed by atoms with Crippen molar-refractivity contribution in [3.8, 4) is 0 Å². The van der Waals surface area contributed by atoms with Crippen molar-refractivity contribution in [1.82, 2.24) is 4.90 Å². The van der Waals surface area contributed by atoms with E-state index in [2.05, 4.69) is 0 Å². The van der Waals surface area contributed by atoms with Crippen LogP contribution in [0, 0.1) is 5.41 Å². The van der Waals surface area contributed by atoms with Gasteiger partial charge in [0.15, 0.2) is 0 Å². The van der Waals surface area contributed by atoms with Crippen LogP contribution < -0.4 is 5.73 Å². The molecule has 18 heavy (non-hydrogen) atoms. The van der Waals surface area contributed by atoms with Gasteiger partial charge in [0.2, 0.25) is 5.91 Å². The monoisotopic (exact) mass is 258 g/mol. The Hall–Kier alpha value is -0.690. The average molecular weight is 258 g/mol. The van der Waals surface area contributed by atoms with Gasteiger partial charge in [-0.1, -0.05) is 0 Å². The lowest BCUT2D eigenvalue weighted by atomic mass is 9.84. The first-order chi connectivity index (χ1) is 8.52. The van der Waals surface area contributed by atoms with Crippen molar-refractivity contribution in [1.29, 1.82) is 0 Å². The van der Waals surface area contributed by atoms with Gasteiger partial charge < -0.3 is 24.8 Å². The second-order valence-electron chi connectivity index (χ2n) is 5.30. The molecule has 2 N–H and O–H groups in total. The first-order valence-corrected chi connectivity index (χ1v) is 6.21. The maximum atomic E-state index is 12.6. The van der Waals surface area contributed by atoms with Crippen LogP contribution >= 0.6 is 0 Å². The second-order valence-corrected chi connectivity index (χ2v) is 5.30. The standard InChI is InChI=1S/C12H22N2O4/c1-12(7-18-6-10(12)13)11(15)14-4-8(16-2)9(5-14)17-3/h8-10H,4-7,13H2,1-3H3. The highest BCUT2D eigenvalue weighted by molar-refractivity contribution is 5.84. The molecule has 0 aromatic heterocycles. The molecule has 0 aliphatic carbocycles. The highest BCUT2D eigenvalue weighted by atomic mass is 16.5. The van der Waals surface area contributed by atoms with E-state index in [0.29, 0.717) is 26.3 Å². The van der Waals surface area contributed by atoms with Gasteiger partial charge in [-0.3, -0.25) is 4.79 Å². The van der Waals surface area contributed by atoms with E-state index in [1.807, 2.05) is 6.92 Å². The SMILES string of the molecule is COC1CN(C(=O)C2(C)COCC2N)CC1OC. The maximum absolute atomic E-state index is 12.6. The lowest BCUT2D eigenvalue weighted by Gasteiger charge is -2.30. The van der Waals surface area contributed by atoms with Gasteiger partial charge in [-0.25, -0.2) is 0 Å². The zero-order valence-corrected chi connectivity index (χ0v) is 11.2. The fraction of sp³-hybridized carbons (Fsp3) is 0.917. The van der Waals surface area contributed by atoms with E-state index in [4.69, 9.17) is 19.9 Å². The Morgan fingerprint density at radius 3 is 2.28 bits per heavy atom. The maximum Gasteiger partial charge on any atom is 0.232 e. The molecule has 6 heteroatoms. The molecule has 2 rings (SSSR count). The summed E-state index contributed by atoms with van der Waals surface area (Å²) >= 11 is 0. The van der Waals surface area contributed by atoms with Gasteiger partial charge in [0, 0.05) is 33.4 Å². The van der Waals surface area contributed by atoms with Crippen molar-refractivity contribution in [2.75, 3.05) is 40.5 Å². The number of amides is 1. The van der Waals surface area contributed by atoms with Gasteiger partial charge in [-0.15, -0.1) is 0 Å². The Kier molecular flexibility index (Phi) is 3.91. The van der Waals surface area contributed by atoms with Crippen molar-refractivity contribution in [2.24, 2.45) is 11.1 Å². The molecular weight excluding hydrogens is 236 g/mol. The van der Waals surface area contributed by atoms with E-state index in [0.717, 1.165) is 0 Å². The van der Waals surface area contributed by atoms with E-state index >= 15 is 0 Å². The minimum atomic E-state index is -0.624. The molecule has 4 unspecified atom stereocenters. The number of hydrogen-bond acceptors (Lipinski definition) is 5. The van der Waals surface area contributed by atoms with Crippen LogP contribution in [0.2, 0.25) is 0 Å². The van der Waals surface area contributed by atoms with Crippen molar-refractivity contribution >= 4 is 5.91 Å². The van der Waals surface area contributed by atoms with Crippen LogP contribution in [0.25, 0.3) is 0 Å². The molecule has 0 aromatic rings. The topological polar surface area (TPSA) is 74.0 Å². The summed E-state index contributed by atoms with van der Waals surface area (Å²) in [6.45, 7) is 3.80. The fourth-order valence-corrected chi connectivity index (χ4v) is 2.63. The minimum Gasteiger partial charge on any atom is -0.379 e. The number of ether oxygens (including phenoxy) is 3. The molecule has 104 valence electrons.